The van der Waals surface area contributed by atoms with Crippen LogP contribution < -0.4 is 18.9 Å². The highest BCUT2D eigenvalue weighted by Crippen LogP contribution is 2.33. The number of ketones is 1. The molecule has 0 bridgehead atoms. The van der Waals surface area contributed by atoms with Crippen LogP contribution in [-0.2, 0) is 4.74 Å². The predicted octanol–water partition coefficient (Wildman–Crippen LogP) is 2.47. The molecule has 25 heavy (non-hydrogen) atoms. The number of esters is 1. The summed E-state index contributed by atoms with van der Waals surface area (Å²) < 4.78 is 25.9. The van der Waals surface area contributed by atoms with E-state index in [-0.39, 0.29) is 18.1 Å². The molecule has 1 aliphatic heterocycles. The van der Waals surface area contributed by atoms with Crippen LogP contribution in [0.1, 0.15) is 20.7 Å². The maximum absolute atomic E-state index is 12.3. The minimum absolute atomic E-state index is 0.121. The van der Waals surface area contributed by atoms with Gasteiger partial charge in [-0.2, -0.15) is 0 Å². The van der Waals surface area contributed by atoms with Gasteiger partial charge in [0.05, 0.1) is 14.2 Å². The summed E-state index contributed by atoms with van der Waals surface area (Å²) in [6, 6.07) is 9.69. The third-order valence-corrected chi connectivity index (χ3v) is 3.66. The molecule has 0 aromatic heterocycles. The molecular weight excluding hydrogens is 328 g/mol. The second-order valence-electron chi connectivity index (χ2n) is 5.10. The molecule has 0 saturated carbocycles. The lowest BCUT2D eigenvalue weighted by molar-refractivity contribution is 0.0468. The summed E-state index contributed by atoms with van der Waals surface area (Å²) in [4.78, 5) is 24.6. The largest absolute Gasteiger partial charge is 0.496 e. The van der Waals surface area contributed by atoms with Crippen LogP contribution in [0.15, 0.2) is 36.4 Å². The summed E-state index contributed by atoms with van der Waals surface area (Å²) in [5, 5.41) is 0. The normalized spacial score (nSPS) is 11.8. The molecule has 0 atom stereocenters. The topological polar surface area (TPSA) is 80.3 Å². The molecule has 2 aromatic carbocycles. The van der Waals surface area contributed by atoms with Gasteiger partial charge < -0.3 is 23.7 Å². The van der Waals surface area contributed by atoms with Gasteiger partial charge in [0.15, 0.2) is 23.9 Å². The quantitative estimate of drug-likeness (QED) is 0.588. The molecule has 3 rings (SSSR count). The molecule has 2 aromatic rings. The number of benzene rings is 2. The van der Waals surface area contributed by atoms with Gasteiger partial charge >= 0.3 is 5.97 Å². The molecule has 0 fully saturated rings. The zero-order valence-electron chi connectivity index (χ0n) is 13.7. The summed E-state index contributed by atoms with van der Waals surface area (Å²) in [5.74, 6) is 0.611. The maximum atomic E-state index is 12.3. The maximum Gasteiger partial charge on any atom is 0.346 e. The average molecular weight is 344 g/mol. The first-order valence-electron chi connectivity index (χ1n) is 7.45. The van der Waals surface area contributed by atoms with Gasteiger partial charge in [0.25, 0.3) is 0 Å². The van der Waals surface area contributed by atoms with Crippen molar-refractivity contribution < 1.29 is 33.3 Å². The summed E-state index contributed by atoms with van der Waals surface area (Å²) >= 11 is 0. The Labute approximate surface area is 144 Å². The zero-order valence-corrected chi connectivity index (χ0v) is 13.7. The third kappa shape index (κ3) is 3.35. The van der Waals surface area contributed by atoms with Crippen molar-refractivity contribution in [3.63, 3.8) is 0 Å². The monoisotopic (exact) mass is 344 g/mol. The Kier molecular flexibility index (Phi) is 4.74. The number of hydrogen-bond donors (Lipinski definition) is 0. The van der Waals surface area contributed by atoms with Crippen molar-refractivity contribution in [2.45, 2.75) is 0 Å². The lowest BCUT2D eigenvalue weighted by Gasteiger charge is -2.12. The molecule has 7 nitrogen and oxygen atoms in total. The molecule has 0 amide bonds. The second-order valence-corrected chi connectivity index (χ2v) is 5.10. The molecule has 0 radical (unpaired) electrons. The summed E-state index contributed by atoms with van der Waals surface area (Å²) in [6.45, 7) is -0.296. The van der Waals surface area contributed by atoms with Crippen molar-refractivity contribution in [3.8, 4) is 23.0 Å². The van der Waals surface area contributed by atoms with E-state index in [0.29, 0.717) is 28.6 Å². The highest BCUT2D eigenvalue weighted by molar-refractivity contribution is 6.01. The molecule has 0 aliphatic carbocycles. The van der Waals surface area contributed by atoms with Crippen LogP contribution in [0, 0.1) is 0 Å². The van der Waals surface area contributed by atoms with Crippen molar-refractivity contribution in [2.75, 3.05) is 27.6 Å². The van der Waals surface area contributed by atoms with Gasteiger partial charge in [0, 0.05) is 5.56 Å². The highest BCUT2D eigenvalue weighted by Gasteiger charge is 2.22. The number of methoxy groups -OCH3 is 2. The molecule has 0 spiro atoms. The Bertz CT molecular complexity index is 791. The Hall–Kier alpha value is -3.22. The van der Waals surface area contributed by atoms with E-state index in [1.54, 1.807) is 36.4 Å². The molecular formula is C18H16O7. The number of carbonyl (C=O) groups is 2. The number of ether oxygens (including phenoxy) is 5. The number of Topliss-reactive ketones (excluding diaryl/α,β-unsaturated/α-hetero) is 1. The molecule has 1 heterocycles. The number of carbonyl (C=O) groups excluding carboxylic acids is 2. The smallest absolute Gasteiger partial charge is 0.346 e. The summed E-state index contributed by atoms with van der Waals surface area (Å²) in [6.07, 6.45) is 0. The first-order valence-corrected chi connectivity index (χ1v) is 7.45. The average Bonchev–Trinajstić information content (AvgIpc) is 3.12. The molecule has 130 valence electrons. The lowest BCUT2D eigenvalue weighted by atomic mass is 10.1. The first-order chi connectivity index (χ1) is 12.1. The standard InChI is InChI=1S/C18H16O7/c1-21-14-4-3-5-15(22-2)17(14)18(20)23-9-12(19)11-6-7-13-16(8-11)25-10-24-13/h3-8H,9-10H2,1-2H3. The van der Waals surface area contributed by atoms with Gasteiger partial charge in [-0.1, -0.05) is 6.07 Å². The molecule has 7 heteroatoms. The lowest BCUT2D eigenvalue weighted by Crippen LogP contribution is -2.15. The Morgan fingerprint density at radius 1 is 1.00 bits per heavy atom. The molecule has 0 N–H and O–H groups in total. The SMILES string of the molecule is COc1cccc(OC)c1C(=O)OCC(=O)c1ccc2c(c1)OCO2. The predicted molar refractivity (Wildman–Crippen MR) is 86.7 cm³/mol. The fourth-order valence-corrected chi connectivity index (χ4v) is 2.41. The third-order valence-electron chi connectivity index (χ3n) is 3.66. The van der Waals surface area contributed by atoms with E-state index in [0.717, 1.165) is 0 Å². The van der Waals surface area contributed by atoms with E-state index >= 15 is 0 Å². The van der Waals surface area contributed by atoms with Crippen LogP contribution in [0.4, 0.5) is 0 Å². The van der Waals surface area contributed by atoms with E-state index in [1.807, 2.05) is 0 Å². The molecule has 0 unspecified atom stereocenters. The van der Waals surface area contributed by atoms with Crippen LogP contribution in [0.2, 0.25) is 0 Å². The number of hydrogen-bond acceptors (Lipinski definition) is 7. The van der Waals surface area contributed by atoms with Gasteiger partial charge in [-0.05, 0) is 30.3 Å². The van der Waals surface area contributed by atoms with E-state index in [4.69, 9.17) is 23.7 Å². The fourth-order valence-electron chi connectivity index (χ4n) is 2.41. The van der Waals surface area contributed by atoms with Gasteiger partial charge in [0.1, 0.15) is 17.1 Å². The van der Waals surface area contributed by atoms with Crippen LogP contribution in [-0.4, -0.2) is 39.4 Å². The highest BCUT2D eigenvalue weighted by atomic mass is 16.7. The molecule has 1 aliphatic rings. The zero-order chi connectivity index (χ0) is 17.8. The van der Waals surface area contributed by atoms with Crippen molar-refractivity contribution >= 4 is 11.8 Å². The number of rotatable bonds is 6. The van der Waals surface area contributed by atoms with E-state index in [9.17, 15) is 9.59 Å². The minimum Gasteiger partial charge on any atom is -0.496 e. The first kappa shape index (κ1) is 16.6. The Morgan fingerprint density at radius 3 is 2.36 bits per heavy atom. The Balaban J connectivity index is 1.71. The second kappa shape index (κ2) is 7.12. The molecule has 0 saturated heterocycles. The van der Waals surface area contributed by atoms with E-state index < -0.39 is 12.6 Å². The van der Waals surface area contributed by atoms with Gasteiger partial charge in [0.2, 0.25) is 6.79 Å². The van der Waals surface area contributed by atoms with Crippen LogP contribution in [0.5, 0.6) is 23.0 Å². The van der Waals surface area contributed by atoms with Crippen LogP contribution >= 0.6 is 0 Å². The van der Waals surface area contributed by atoms with Gasteiger partial charge in [-0.15, -0.1) is 0 Å². The van der Waals surface area contributed by atoms with Crippen molar-refractivity contribution in [2.24, 2.45) is 0 Å². The van der Waals surface area contributed by atoms with Crippen molar-refractivity contribution in [1.82, 2.24) is 0 Å². The van der Waals surface area contributed by atoms with E-state index in [2.05, 4.69) is 0 Å². The fraction of sp³-hybridized carbons (Fsp3) is 0.222. The van der Waals surface area contributed by atoms with Gasteiger partial charge in [-0.3, -0.25) is 4.79 Å². The van der Waals surface area contributed by atoms with Crippen molar-refractivity contribution in [1.29, 1.82) is 0 Å². The number of fused-ring (bicyclic) bond motifs is 1. The minimum atomic E-state index is -0.705. The van der Waals surface area contributed by atoms with Gasteiger partial charge in [-0.25, -0.2) is 4.79 Å². The Morgan fingerprint density at radius 2 is 1.68 bits per heavy atom. The van der Waals surface area contributed by atoms with Crippen molar-refractivity contribution in [3.05, 3.63) is 47.5 Å². The van der Waals surface area contributed by atoms with E-state index in [1.165, 1.54) is 14.2 Å². The summed E-state index contributed by atoms with van der Waals surface area (Å²) in [5.41, 5.74) is 0.495. The summed E-state index contributed by atoms with van der Waals surface area (Å²) in [7, 11) is 2.87. The van der Waals surface area contributed by atoms with Crippen LogP contribution in [0.3, 0.4) is 0 Å². The van der Waals surface area contributed by atoms with Crippen LogP contribution in [0.25, 0.3) is 0 Å².